The molecule has 4 heteroatoms. The Morgan fingerprint density at radius 1 is 1.26 bits per heavy atom. The van der Waals surface area contributed by atoms with Gasteiger partial charge in [-0.3, -0.25) is 0 Å². The maximum atomic E-state index is 4.49. The molecule has 1 aliphatic rings. The lowest BCUT2D eigenvalue weighted by molar-refractivity contribution is 0.172. The van der Waals surface area contributed by atoms with E-state index in [-0.39, 0.29) is 0 Å². The highest BCUT2D eigenvalue weighted by Crippen LogP contribution is 2.33. The van der Waals surface area contributed by atoms with E-state index in [4.69, 9.17) is 0 Å². The van der Waals surface area contributed by atoms with Gasteiger partial charge < -0.3 is 10.2 Å². The third-order valence-electron chi connectivity index (χ3n) is 4.33. The van der Waals surface area contributed by atoms with Crippen LogP contribution in [0.4, 0.5) is 5.82 Å². The quantitative estimate of drug-likeness (QED) is 0.885. The fourth-order valence-corrected chi connectivity index (χ4v) is 2.97. The van der Waals surface area contributed by atoms with Crippen molar-refractivity contribution >= 4 is 5.82 Å². The summed E-state index contributed by atoms with van der Waals surface area (Å²) in [7, 11) is 4.38. The number of nitrogens with zero attached hydrogens (tertiary/aromatic N) is 3. The molecule has 1 aromatic heterocycles. The van der Waals surface area contributed by atoms with Crippen molar-refractivity contribution in [3.63, 3.8) is 0 Å². The molecule has 2 rings (SSSR count). The number of hydrogen-bond donors (Lipinski definition) is 1. The molecule has 1 saturated carbocycles. The van der Waals surface area contributed by atoms with Crippen molar-refractivity contribution in [3.05, 3.63) is 17.6 Å². The van der Waals surface area contributed by atoms with Gasteiger partial charge in [-0.1, -0.05) is 19.8 Å². The van der Waals surface area contributed by atoms with E-state index in [9.17, 15) is 0 Å². The van der Waals surface area contributed by atoms with E-state index in [2.05, 4.69) is 47.3 Å². The highest BCUT2D eigenvalue weighted by atomic mass is 15.2. The van der Waals surface area contributed by atoms with E-state index >= 15 is 0 Å². The van der Waals surface area contributed by atoms with Crippen LogP contribution in [0.15, 0.2) is 6.07 Å². The monoisotopic (exact) mass is 262 g/mol. The van der Waals surface area contributed by atoms with Crippen molar-refractivity contribution in [2.75, 3.05) is 26.0 Å². The summed E-state index contributed by atoms with van der Waals surface area (Å²) in [6.45, 7) is 5.06. The molecule has 1 aliphatic carbocycles. The van der Waals surface area contributed by atoms with Gasteiger partial charge >= 0.3 is 0 Å². The van der Waals surface area contributed by atoms with Crippen LogP contribution >= 0.6 is 0 Å². The maximum absolute atomic E-state index is 4.49. The standard InChI is InChI=1S/C15H26N4/c1-5-13-10-14(18-12(2)17-13)16-11-15(19(3)4)8-6-7-9-15/h10H,5-9,11H2,1-4H3,(H,16,17,18). The first kappa shape index (κ1) is 14.3. The molecule has 0 aliphatic heterocycles. The van der Waals surface area contributed by atoms with E-state index in [1.807, 2.05) is 6.92 Å². The fraction of sp³-hybridized carbons (Fsp3) is 0.733. The van der Waals surface area contributed by atoms with E-state index in [0.717, 1.165) is 30.3 Å². The summed E-state index contributed by atoms with van der Waals surface area (Å²) < 4.78 is 0. The summed E-state index contributed by atoms with van der Waals surface area (Å²) in [6.07, 6.45) is 6.18. The highest BCUT2D eigenvalue weighted by Gasteiger charge is 2.35. The molecule has 0 radical (unpaired) electrons. The Balaban J connectivity index is 2.07. The number of rotatable bonds is 5. The molecule has 19 heavy (non-hydrogen) atoms. The summed E-state index contributed by atoms with van der Waals surface area (Å²) >= 11 is 0. The normalized spacial score (nSPS) is 17.9. The van der Waals surface area contributed by atoms with Crippen molar-refractivity contribution in [1.29, 1.82) is 0 Å². The van der Waals surface area contributed by atoms with Gasteiger partial charge in [-0.25, -0.2) is 9.97 Å². The number of anilines is 1. The molecule has 0 aromatic carbocycles. The van der Waals surface area contributed by atoms with Gasteiger partial charge in [0, 0.05) is 23.8 Å². The lowest BCUT2D eigenvalue weighted by Gasteiger charge is -2.36. The van der Waals surface area contributed by atoms with Crippen LogP contribution in [0.5, 0.6) is 0 Å². The van der Waals surface area contributed by atoms with Crippen LogP contribution in [0.25, 0.3) is 0 Å². The molecule has 0 bridgehead atoms. The zero-order valence-corrected chi connectivity index (χ0v) is 12.7. The minimum atomic E-state index is 0.297. The minimum absolute atomic E-state index is 0.297. The fourth-order valence-electron chi connectivity index (χ4n) is 2.97. The predicted molar refractivity (Wildman–Crippen MR) is 79.5 cm³/mol. The van der Waals surface area contributed by atoms with Crippen LogP contribution in [0, 0.1) is 6.92 Å². The summed E-state index contributed by atoms with van der Waals surface area (Å²) in [5.41, 5.74) is 1.41. The van der Waals surface area contributed by atoms with Crippen LogP contribution in [0.1, 0.15) is 44.1 Å². The smallest absolute Gasteiger partial charge is 0.129 e. The predicted octanol–water partition coefficient (Wildman–Crippen LogP) is 2.63. The average molecular weight is 262 g/mol. The SMILES string of the molecule is CCc1cc(NCC2(N(C)C)CCCC2)nc(C)n1. The van der Waals surface area contributed by atoms with Crippen LogP contribution < -0.4 is 5.32 Å². The Labute approximate surface area is 116 Å². The van der Waals surface area contributed by atoms with E-state index in [1.165, 1.54) is 25.7 Å². The summed E-state index contributed by atoms with van der Waals surface area (Å²) in [4.78, 5) is 11.3. The second-order valence-electron chi connectivity index (χ2n) is 5.82. The summed E-state index contributed by atoms with van der Waals surface area (Å²) in [5.74, 6) is 1.82. The van der Waals surface area contributed by atoms with Crippen LogP contribution in [0.2, 0.25) is 0 Å². The van der Waals surface area contributed by atoms with Gasteiger partial charge in [0.25, 0.3) is 0 Å². The van der Waals surface area contributed by atoms with Crippen molar-refractivity contribution in [2.24, 2.45) is 0 Å². The van der Waals surface area contributed by atoms with Gasteiger partial charge in [-0.05, 0) is 40.3 Å². The van der Waals surface area contributed by atoms with Crippen molar-refractivity contribution in [1.82, 2.24) is 14.9 Å². The zero-order valence-electron chi connectivity index (χ0n) is 12.7. The Hall–Kier alpha value is -1.16. The number of aromatic nitrogens is 2. The molecule has 0 unspecified atom stereocenters. The molecular formula is C15H26N4. The van der Waals surface area contributed by atoms with Crippen molar-refractivity contribution < 1.29 is 0 Å². The third kappa shape index (κ3) is 3.24. The molecule has 0 saturated heterocycles. The second-order valence-corrected chi connectivity index (χ2v) is 5.82. The van der Waals surface area contributed by atoms with Crippen LogP contribution in [-0.4, -0.2) is 41.0 Å². The Kier molecular flexibility index (Phi) is 4.40. The second kappa shape index (κ2) is 5.87. The highest BCUT2D eigenvalue weighted by molar-refractivity contribution is 5.36. The molecule has 106 valence electrons. The molecule has 1 heterocycles. The lowest BCUT2D eigenvalue weighted by Crippen LogP contribution is -2.47. The minimum Gasteiger partial charge on any atom is -0.368 e. The Bertz CT molecular complexity index is 422. The van der Waals surface area contributed by atoms with Gasteiger partial charge in [0.1, 0.15) is 11.6 Å². The maximum Gasteiger partial charge on any atom is 0.129 e. The lowest BCUT2D eigenvalue weighted by atomic mass is 9.96. The molecule has 1 fully saturated rings. The Morgan fingerprint density at radius 2 is 1.95 bits per heavy atom. The number of nitrogens with one attached hydrogen (secondary N) is 1. The van der Waals surface area contributed by atoms with E-state index in [0.29, 0.717) is 5.54 Å². The molecule has 0 amide bonds. The zero-order chi connectivity index (χ0) is 13.9. The number of hydrogen-bond acceptors (Lipinski definition) is 4. The van der Waals surface area contributed by atoms with E-state index in [1.54, 1.807) is 0 Å². The van der Waals surface area contributed by atoms with E-state index < -0.39 is 0 Å². The Morgan fingerprint density at radius 3 is 2.53 bits per heavy atom. The largest absolute Gasteiger partial charge is 0.368 e. The first-order valence-electron chi connectivity index (χ1n) is 7.31. The van der Waals surface area contributed by atoms with Gasteiger partial charge in [-0.15, -0.1) is 0 Å². The molecular weight excluding hydrogens is 236 g/mol. The number of aryl methyl sites for hydroxylation is 2. The summed E-state index contributed by atoms with van der Waals surface area (Å²) in [5, 5.41) is 3.53. The van der Waals surface area contributed by atoms with Gasteiger partial charge in [0.2, 0.25) is 0 Å². The number of likely N-dealkylation sites (N-methyl/N-ethyl adjacent to an activating group) is 1. The molecule has 0 spiro atoms. The molecule has 4 nitrogen and oxygen atoms in total. The molecule has 1 N–H and O–H groups in total. The average Bonchev–Trinajstić information content (AvgIpc) is 2.86. The first-order valence-corrected chi connectivity index (χ1v) is 7.31. The van der Waals surface area contributed by atoms with Crippen LogP contribution in [0.3, 0.4) is 0 Å². The topological polar surface area (TPSA) is 41.0 Å². The molecule has 0 atom stereocenters. The van der Waals surface area contributed by atoms with Crippen molar-refractivity contribution in [2.45, 2.75) is 51.5 Å². The first-order chi connectivity index (χ1) is 9.05. The van der Waals surface area contributed by atoms with Crippen molar-refractivity contribution in [3.8, 4) is 0 Å². The van der Waals surface area contributed by atoms with Gasteiger partial charge in [-0.2, -0.15) is 0 Å². The summed E-state index contributed by atoms with van der Waals surface area (Å²) in [6, 6.07) is 2.07. The van der Waals surface area contributed by atoms with Gasteiger partial charge in [0.15, 0.2) is 0 Å². The molecule has 1 aromatic rings. The third-order valence-corrected chi connectivity index (χ3v) is 4.33. The van der Waals surface area contributed by atoms with Gasteiger partial charge in [0.05, 0.1) is 0 Å². The van der Waals surface area contributed by atoms with Crippen LogP contribution in [-0.2, 0) is 6.42 Å².